The number of hydrogen-bond acceptors (Lipinski definition) is 4. The molecule has 0 aromatic heterocycles. The molecule has 2 N–H and O–H groups in total. The topological polar surface area (TPSA) is 64.8 Å². The summed E-state index contributed by atoms with van der Waals surface area (Å²) in [6, 6.07) is 13.8. The lowest BCUT2D eigenvalue weighted by Gasteiger charge is -2.30. The number of nitrogens with two attached hydrogens (primary N) is 1. The molecule has 26 heavy (non-hydrogen) atoms. The Hall–Kier alpha value is -2.53. The maximum atomic E-state index is 12.3. The summed E-state index contributed by atoms with van der Waals surface area (Å²) in [4.78, 5) is 14.1. The predicted molar refractivity (Wildman–Crippen MR) is 103 cm³/mol. The van der Waals surface area contributed by atoms with Crippen LogP contribution in [0.5, 0.6) is 11.5 Å². The molecule has 1 aliphatic heterocycles. The van der Waals surface area contributed by atoms with Gasteiger partial charge in [-0.15, -0.1) is 0 Å². The molecule has 0 saturated carbocycles. The quantitative estimate of drug-likeness (QED) is 0.772. The van der Waals surface area contributed by atoms with Gasteiger partial charge in [0.2, 0.25) is 0 Å². The Bertz CT molecular complexity index is 758. The van der Waals surface area contributed by atoms with Crippen molar-refractivity contribution in [1.29, 1.82) is 0 Å². The van der Waals surface area contributed by atoms with E-state index in [0.29, 0.717) is 13.2 Å². The third-order valence-corrected chi connectivity index (χ3v) is 4.61. The molecule has 1 unspecified atom stereocenters. The summed E-state index contributed by atoms with van der Waals surface area (Å²) in [6.07, 6.45) is 1.58. The van der Waals surface area contributed by atoms with Gasteiger partial charge in [0.25, 0.3) is 5.91 Å². The number of carbonyl (C=O) groups is 1. The number of ether oxygens (including phenoxy) is 2. The van der Waals surface area contributed by atoms with Gasteiger partial charge in [-0.2, -0.15) is 0 Å². The SMILES string of the molecule is CCC(N)c1ccc2c(c1)N(CCCOc1ccc(C)cc1)C(=O)CO2. The van der Waals surface area contributed by atoms with Gasteiger partial charge in [-0.05, 0) is 49.6 Å². The summed E-state index contributed by atoms with van der Waals surface area (Å²) < 4.78 is 11.3. The van der Waals surface area contributed by atoms with Crippen LogP contribution in [-0.2, 0) is 4.79 Å². The van der Waals surface area contributed by atoms with Crippen LogP contribution in [0.4, 0.5) is 5.69 Å². The zero-order valence-corrected chi connectivity index (χ0v) is 15.4. The Balaban J connectivity index is 1.64. The first kappa shape index (κ1) is 18.3. The van der Waals surface area contributed by atoms with Crippen LogP contribution in [0, 0.1) is 6.92 Å². The molecule has 1 aliphatic rings. The fraction of sp³-hybridized carbons (Fsp3) is 0.381. The number of carbonyl (C=O) groups excluding carboxylic acids is 1. The molecule has 0 radical (unpaired) electrons. The first-order valence-electron chi connectivity index (χ1n) is 9.10. The van der Waals surface area contributed by atoms with E-state index in [-0.39, 0.29) is 18.6 Å². The molecular weight excluding hydrogens is 328 g/mol. The van der Waals surface area contributed by atoms with Crippen LogP contribution in [0.3, 0.4) is 0 Å². The van der Waals surface area contributed by atoms with Crippen molar-refractivity contribution in [1.82, 2.24) is 0 Å². The summed E-state index contributed by atoms with van der Waals surface area (Å²) in [7, 11) is 0. The Morgan fingerprint density at radius 1 is 1.23 bits per heavy atom. The average Bonchev–Trinajstić information content (AvgIpc) is 2.67. The molecule has 5 heteroatoms. The summed E-state index contributed by atoms with van der Waals surface area (Å²) >= 11 is 0. The van der Waals surface area contributed by atoms with Crippen molar-refractivity contribution in [3.8, 4) is 11.5 Å². The van der Waals surface area contributed by atoms with Crippen LogP contribution in [-0.4, -0.2) is 25.7 Å². The number of aryl methyl sites for hydroxylation is 1. The molecule has 0 fully saturated rings. The fourth-order valence-electron chi connectivity index (χ4n) is 2.98. The second-order valence-electron chi connectivity index (χ2n) is 6.59. The van der Waals surface area contributed by atoms with Crippen molar-refractivity contribution in [3.63, 3.8) is 0 Å². The minimum absolute atomic E-state index is 0.0324. The van der Waals surface area contributed by atoms with Crippen LogP contribution in [0.2, 0.25) is 0 Å². The minimum atomic E-state index is -0.0379. The van der Waals surface area contributed by atoms with Gasteiger partial charge < -0.3 is 20.1 Å². The van der Waals surface area contributed by atoms with E-state index < -0.39 is 0 Å². The minimum Gasteiger partial charge on any atom is -0.494 e. The van der Waals surface area contributed by atoms with Crippen molar-refractivity contribution in [2.24, 2.45) is 5.73 Å². The van der Waals surface area contributed by atoms with Crippen molar-refractivity contribution >= 4 is 11.6 Å². The molecule has 138 valence electrons. The highest BCUT2D eigenvalue weighted by Gasteiger charge is 2.26. The molecule has 2 aromatic carbocycles. The number of hydrogen-bond donors (Lipinski definition) is 1. The van der Waals surface area contributed by atoms with Gasteiger partial charge in [-0.1, -0.05) is 30.7 Å². The molecule has 1 amide bonds. The molecular formula is C21H26N2O3. The van der Waals surface area contributed by atoms with Gasteiger partial charge in [0.15, 0.2) is 6.61 Å². The Labute approximate surface area is 154 Å². The van der Waals surface area contributed by atoms with Crippen LogP contribution in [0.1, 0.15) is 36.9 Å². The molecule has 0 bridgehead atoms. The lowest BCUT2D eigenvalue weighted by atomic mass is 10.0. The second kappa shape index (κ2) is 8.23. The summed E-state index contributed by atoms with van der Waals surface area (Å²) in [6.45, 7) is 5.31. The van der Waals surface area contributed by atoms with E-state index in [0.717, 1.165) is 35.6 Å². The van der Waals surface area contributed by atoms with Crippen LogP contribution >= 0.6 is 0 Å². The third kappa shape index (κ3) is 4.17. The van der Waals surface area contributed by atoms with Gasteiger partial charge in [-0.3, -0.25) is 4.79 Å². The van der Waals surface area contributed by atoms with Gasteiger partial charge in [0.1, 0.15) is 11.5 Å². The summed E-state index contributed by atoms with van der Waals surface area (Å²) in [5.74, 6) is 1.55. The first-order valence-corrected chi connectivity index (χ1v) is 9.10. The fourth-order valence-corrected chi connectivity index (χ4v) is 2.98. The maximum absolute atomic E-state index is 12.3. The molecule has 1 heterocycles. The van der Waals surface area contributed by atoms with Crippen molar-refractivity contribution in [2.45, 2.75) is 32.7 Å². The molecule has 2 aromatic rings. The van der Waals surface area contributed by atoms with E-state index in [4.69, 9.17) is 15.2 Å². The van der Waals surface area contributed by atoms with E-state index in [2.05, 4.69) is 0 Å². The van der Waals surface area contributed by atoms with E-state index in [1.54, 1.807) is 4.90 Å². The van der Waals surface area contributed by atoms with Crippen molar-refractivity contribution in [2.75, 3.05) is 24.7 Å². The molecule has 3 rings (SSSR count). The number of benzene rings is 2. The number of anilines is 1. The summed E-state index contributed by atoms with van der Waals surface area (Å²) in [5, 5.41) is 0. The van der Waals surface area contributed by atoms with E-state index in [1.165, 1.54) is 5.56 Å². The number of rotatable bonds is 7. The Kier molecular flexibility index (Phi) is 5.78. The molecule has 0 aliphatic carbocycles. The Morgan fingerprint density at radius 2 is 2.00 bits per heavy atom. The molecule has 0 saturated heterocycles. The zero-order chi connectivity index (χ0) is 18.5. The maximum Gasteiger partial charge on any atom is 0.265 e. The number of fused-ring (bicyclic) bond motifs is 1. The smallest absolute Gasteiger partial charge is 0.265 e. The average molecular weight is 354 g/mol. The molecule has 1 atom stereocenters. The van der Waals surface area contributed by atoms with Crippen LogP contribution in [0.25, 0.3) is 0 Å². The monoisotopic (exact) mass is 354 g/mol. The van der Waals surface area contributed by atoms with Gasteiger partial charge in [0, 0.05) is 12.6 Å². The highest BCUT2D eigenvalue weighted by molar-refractivity contribution is 5.97. The van der Waals surface area contributed by atoms with Crippen LogP contribution < -0.4 is 20.1 Å². The normalized spacial score (nSPS) is 14.6. The lowest BCUT2D eigenvalue weighted by Crippen LogP contribution is -2.40. The second-order valence-corrected chi connectivity index (χ2v) is 6.59. The molecule has 5 nitrogen and oxygen atoms in total. The highest BCUT2D eigenvalue weighted by Crippen LogP contribution is 2.34. The zero-order valence-electron chi connectivity index (χ0n) is 15.4. The van der Waals surface area contributed by atoms with E-state index in [9.17, 15) is 4.79 Å². The standard InChI is InChI=1S/C21H26N2O3/c1-3-18(22)16-7-10-20-19(13-16)23(21(24)14-26-20)11-4-12-25-17-8-5-15(2)6-9-17/h5-10,13,18H,3-4,11-12,14,22H2,1-2H3. The largest absolute Gasteiger partial charge is 0.494 e. The number of nitrogens with zero attached hydrogens (tertiary/aromatic N) is 1. The molecule has 0 spiro atoms. The third-order valence-electron chi connectivity index (χ3n) is 4.61. The van der Waals surface area contributed by atoms with E-state index >= 15 is 0 Å². The van der Waals surface area contributed by atoms with Crippen molar-refractivity contribution in [3.05, 3.63) is 53.6 Å². The first-order chi connectivity index (χ1) is 12.6. The van der Waals surface area contributed by atoms with Gasteiger partial charge in [-0.25, -0.2) is 0 Å². The lowest BCUT2D eigenvalue weighted by molar-refractivity contribution is -0.121. The van der Waals surface area contributed by atoms with Gasteiger partial charge in [0.05, 0.1) is 12.3 Å². The number of amides is 1. The van der Waals surface area contributed by atoms with Gasteiger partial charge >= 0.3 is 0 Å². The predicted octanol–water partition coefficient (Wildman–Crippen LogP) is 3.60. The van der Waals surface area contributed by atoms with Crippen LogP contribution in [0.15, 0.2) is 42.5 Å². The van der Waals surface area contributed by atoms with E-state index in [1.807, 2.05) is 56.3 Å². The highest BCUT2D eigenvalue weighted by atomic mass is 16.5. The Morgan fingerprint density at radius 3 is 2.73 bits per heavy atom. The summed E-state index contributed by atoms with van der Waals surface area (Å²) in [5.41, 5.74) is 9.17. The van der Waals surface area contributed by atoms with Crippen molar-refractivity contribution < 1.29 is 14.3 Å².